The Hall–Kier alpha value is -1.06. The first-order valence-electron chi connectivity index (χ1n) is 6.00. The Bertz CT molecular complexity index is 275. The summed E-state index contributed by atoms with van der Waals surface area (Å²) in [6, 6.07) is 0.256. The standard InChI is InChI=1S/C12H21NO3/c1-4-10-9(7-12(15)16)5-6-11(14)13(10)8(2)3/h8-10H,4-7H2,1-3H3,(H,15,16)/t9-,10-/m1/s1. The van der Waals surface area contributed by atoms with Gasteiger partial charge in [-0.1, -0.05) is 6.92 Å². The second-order valence-electron chi connectivity index (χ2n) is 4.77. The molecule has 1 saturated heterocycles. The fourth-order valence-electron chi connectivity index (χ4n) is 2.71. The van der Waals surface area contributed by atoms with Gasteiger partial charge in [-0.3, -0.25) is 9.59 Å². The van der Waals surface area contributed by atoms with Gasteiger partial charge in [0.05, 0.1) is 6.42 Å². The minimum absolute atomic E-state index is 0.0948. The summed E-state index contributed by atoms with van der Waals surface area (Å²) in [6.45, 7) is 6.00. The molecule has 0 spiro atoms. The second kappa shape index (κ2) is 5.32. The average Bonchev–Trinajstić information content (AvgIpc) is 2.18. The molecular weight excluding hydrogens is 206 g/mol. The van der Waals surface area contributed by atoms with Gasteiger partial charge in [0.15, 0.2) is 0 Å². The number of carbonyl (C=O) groups excluding carboxylic acids is 1. The largest absolute Gasteiger partial charge is 0.481 e. The van der Waals surface area contributed by atoms with Gasteiger partial charge in [-0.2, -0.15) is 0 Å². The van der Waals surface area contributed by atoms with Gasteiger partial charge >= 0.3 is 5.97 Å². The van der Waals surface area contributed by atoms with Crippen molar-refractivity contribution in [2.75, 3.05) is 0 Å². The van der Waals surface area contributed by atoms with Crippen molar-refractivity contribution in [3.63, 3.8) is 0 Å². The van der Waals surface area contributed by atoms with Crippen molar-refractivity contribution in [1.29, 1.82) is 0 Å². The molecule has 4 nitrogen and oxygen atoms in total. The molecule has 1 aliphatic heterocycles. The maximum atomic E-state index is 11.8. The van der Waals surface area contributed by atoms with E-state index in [0.29, 0.717) is 12.8 Å². The van der Waals surface area contributed by atoms with E-state index < -0.39 is 5.97 Å². The van der Waals surface area contributed by atoms with E-state index in [-0.39, 0.29) is 30.3 Å². The first kappa shape index (κ1) is 13.0. The highest BCUT2D eigenvalue weighted by atomic mass is 16.4. The summed E-state index contributed by atoms with van der Waals surface area (Å²) in [5.41, 5.74) is 0. The normalized spacial score (nSPS) is 26.2. The van der Waals surface area contributed by atoms with Gasteiger partial charge in [-0.05, 0) is 32.6 Å². The van der Waals surface area contributed by atoms with Crippen molar-refractivity contribution >= 4 is 11.9 Å². The van der Waals surface area contributed by atoms with Crippen LogP contribution in [0.3, 0.4) is 0 Å². The Labute approximate surface area is 96.6 Å². The van der Waals surface area contributed by atoms with Crippen molar-refractivity contribution in [1.82, 2.24) is 4.90 Å². The third-order valence-electron chi connectivity index (χ3n) is 3.33. The molecule has 1 amide bonds. The highest BCUT2D eigenvalue weighted by Crippen LogP contribution is 2.30. The fourth-order valence-corrected chi connectivity index (χ4v) is 2.71. The zero-order chi connectivity index (χ0) is 12.3. The summed E-state index contributed by atoms with van der Waals surface area (Å²) < 4.78 is 0. The molecule has 16 heavy (non-hydrogen) atoms. The van der Waals surface area contributed by atoms with Crippen molar-refractivity contribution in [3.05, 3.63) is 0 Å². The van der Waals surface area contributed by atoms with Gasteiger partial charge in [-0.15, -0.1) is 0 Å². The van der Waals surface area contributed by atoms with E-state index in [1.165, 1.54) is 0 Å². The van der Waals surface area contributed by atoms with Gasteiger partial charge in [0.2, 0.25) is 5.91 Å². The van der Waals surface area contributed by atoms with Crippen LogP contribution >= 0.6 is 0 Å². The highest BCUT2D eigenvalue weighted by Gasteiger charge is 2.36. The summed E-state index contributed by atoms with van der Waals surface area (Å²) in [5, 5.41) is 8.87. The second-order valence-corrected chi connectivity index (χ2v) is 4.77. The Morgan fingerprint density at radius 2 is 2.19 bits per heavy atom. The summed E-state index contributed by atoms with van der Waals surface area (Å²) in [7, 11) is 0. The lowest BCUT2D eigenvalue weighted by Gasteiger charge is -2.43. The van der Waals surface area contributed by atoms with Gasteiger partial charge in [0.25, 0.3) is 0 Å². The van der Waals surface area contributed by atoms with Crippen LogP contribution in [-0.4, -0.2) is 34.0 Å². The Kier molecular flexibility index (Phi) is 4.33. The van der Waals surface area contributed by atoms with Gasteiger partial charge in [0.1, 0.15) is 0 Å². The number of likely N-dealkylation sites (tertiary alicyclic amines) is 1. The van der Waals surface area contributed by atoms with Crippen LogP contribution in [0.25, 0.3) is 0 Å². The van der Waals surface area contributed by atoms with Crippen LogP contribution < -0.4 is 0 Å². The van der Waals surface area contributed by atoms with E-state index in [1.54, 1.807) is 0 Å². The number of amides is 1. The minimum Gasteiger partial charge on any atom is -0.481 e. The molecule has 0 aromatic rings. The summed E-state index contributed by atoms with van der Waals surface area (Å²) >= 11 is 0. The molecule has 1 rings (SSSR count). The van der Waals surface area contributed by atoms with Crippen molar-refractivity contribution in [2.45, 2.75) is 58.5 Å². The number of carboxylic acids is 1. The van der Waals surface area contributed by atoms with Crippen molar-refractivity contribution < 1.29 is 14.7 Å². The van der Waals surface area contributed by atoms with E-state index in [2.05, 4.69) is 0 Å². The quantitative estimate of drug-likeness (QED) is 0.797. The molecular formula is C12H21NO3. The molecule has 1 N–H and O–H groups in total. The molecule has 0 unspecified atom stereocenters. The molecule has 1 heterocycles. The van der Waals surface area contributed by atoms with E-state index in [1.807, 2.05) is 25.7 Å². The third kappa shape index (κ3) is 2.74. The Morgan fingerprint density at radius 1 is 1.56 bits per heavy atom. The summed E-state index contributed by atoms with van der Waals surface area (Å²) in [4.78, 5) is 24.5. The number of nitrogens with zero attached hydrogens (tertiary/aromatic N) is 1. The Morgan fingerprint density at radius 3 is 2.62 bits per heavy atom. The van der Waals surface area contributed by atoms with Crippen LogP contribution in [0.2, 0.25) is 0 Å². The molecule has 0 radical (unpaired) electrons. The smallest absolute Gasteiger partial charge is 0.303 e. The van der Waals surface area contributed by atoms with Crippen LogP contribution in [-0.2, 0) is 9.59 Å². The lowest BCUT2D eigenvalue weighted by Crippen LogP contribution is -2.51. The molecule has 1 aliphatic rings. The molecule has 0 saturated carbocycles. The first-order valence-corrected chi connectivity index (χ1v) is 6.00. The zero-order valence-electron chi connectivity index (χ0n) is 10.3. The molecule has 0 bridgehead atoms. The molecule has 2 atom stereocenters. The predicted molar refractivity (Wildman–Crippen MR) is 61.0 cm³/mol. The zero-order valence-corrected chi connectivity index (χ0v) is 10.3. The molecule has 1 fully saturated rings. The monoisotopic (exact) mass is 227 g/mol. The van der Waals surface area contributed by atoms with E-state index >= 15 is 0 Å². The minimum atomic E-state index is -0.762. The van der Waals surface area contributed by atoms with Crippen LogP contribution in [0.1, 0.15) is 46.5 Å². The van der Waals surface area contributed by atoms with Gasteiger partial charge < -0.3 is 10.0 Å². The van der Waals surface area contributed by atoms with Crippen LogP contribution in [0.4, 0.5) is 0 Å². The SMILES string of the molecule is CC[C@@H]1[C@@H](CC(=O)O)CCC(=O)N1C(C)C. The van der Waals surface area contributed by atoms with E-state index in [0.717, 1.165) is 6.42 Å². The third-order valence-corrected chi connectivity index (χ3v) is 3.33. The van der Waals surface area contributed by atoms with Crippen LogP contribution in [0, 0.1) is 5.92 Å². The summed E-state index contributed by atoms with van der Waals surface area (Å²) in [6.07, 6.45) is 2.22. The number of piperidine rings is 1. The molecule has 4 heteroatoms. The van der Waals surface area contributed by atoms with Crippen molar-refractivity contribution in [3.8, 4) is 0 Å². The van der Waals surface area contributed by atoms with Gasteiger partial charge in [-0.25, -0.2) is 0 Å². The average molecular weight is 227 g/mol. The number of hydrogen-bond donors (Lipinski definition) is 1. The van der Waals surface area contributed by atoms with Crippen LogP contribution in [0.5, 0.6) is 0 Å². The highest BCUT2D eigenvalue weighted by molar-refractivity contribution is 5.78. The molecule has 0 aliphatic carbocycles. The lowest BCUT2D eigenvalue weighted by molar-refractivity contribution is -0.146. The first-order chi connectivity index (χ1) is 7.47. The number of carbonyl (C=O) groups is 2. The number of hydrogen-bond acceptors (Lipinski definition) is 2. The predicted octanol–water partition coefficient (Wildman–Crippen LogP) is 1.89. The molecule has 0 aromatic carbocycles. The van der Waals surface area contributed by atoms with Crippen molar-refractivity contribution in [2.24, 2.45) is 5.92 Å². The Balaban J connectivity index is 2.81. The number of carboxylic acid groups (broad SMARTS) is 1. The van der Waals surface area contributed by atoms with E-state index in [4.69, 9.17) is 5.11 Å². The molecule has 0 aromatic heterocycles. The number of aliphatic carboxylic acids is 1. The topological polar surface area (TPSA) is 57.6 Å². The maximum absolute atomic E-state index is 11.8. The van der Waals surface area contributed by atoms with Crippen LogP contribution in [0.15, 0.2) is 0 Å². The maximum Gasteiger partial charge on any atom is 0.303 e. The summed E-state index contributed by atoms with van der Waals surface area (Å²) in [5.74, 6) is -0.479. The van der Waals surface area contributed by atoms with Gasteiger partial charge in [0, 0.05) is 18.5 Å². The fraction of sp³-hybridized carbons (Fsp3) is 0.833. The number of rotatable bonds is 4. The lowest BCUT2D eigenvalue weighted by atomic mass is 9.84. The van der Waals surface area contributed by atoms with E-state index in [9.17, 15) is 9.59 Å². The molecule has 92 valence electrons.